The van der Waals surface area contributed by atoms with E-state index in [1.54, 1.807) is 11.8 Å². The van der Waals surface area contributed by atoms with Crippen LogP contribution in [0.2, 0.25) is 0 Å². The summed E-state index contributed by atoms with van der Waals surface area (Å²) in [5, 5.41) is 0.906. The molecule has 2 rings (SSSR count). The highest BCUT2D eigenvalue weighted by molar-refractivity contribution is 5.91. The molecular weight excluding hydrogens is 218 g/mol. The third kappa shape index (κ3) is 1.80. The predicted octanol–water partition coefficient (Wildman–Crippen LogP) is 0.700. The summed E-state index contributed by atoms with van der Waals surface area (Å²) < 4.78 is 6.73. The molecule has 1 heterocycles. The lowest BCUT2D eigenvalue weighted by Gasteiger charge is -2.01. The number of hydrogen-bond acceptors (Lipinski definition) is 3. The number of aromatic nitrogens is 1. The molecule has 0 atom stereocenters. The molecule has 0 saturated heterocycles. The van der Waals surface area contributed by atoms with Gasteiger partial charge in [0.2, 0.25) is 5.91 Å². The van der Waals surface area contributed by atoms with Gasteiger partial charge in [0.25, 0.3) is 0 Å². The van der Waals surface area contributed by atoms with Crippen LogP contribution in [0.4, 0.5) is 0 Å². The molecule has 5 heteroatoms. The van der Waals surface area contributed by atoms with Crippen LogP contribution in [0.25, 0.3) is 10.9 Å². The SMILES string of the molecule is COc1ccc2c(c1)c(CC(N)=O)c(C)n2N. The predicted molar refractivity (Wildman–Crippen MR) is 66.3 cm³/mol. The topological polar surface area (TPSA) is 83.3 Å². The summed E-state index contributed by atoms with van der Waals surface area (Å²) in [6.45, 7) is 1.87. The van der Waals surface area contributed by atoms with E-state index in [2.05, 4.69) is 0 Å². The van der Waals surface area contributed by atoms with Gasteiger partial charge in [0, 0.05) is 11.1 Å². The van der Waals surface area contributed by atoms with Crippen LogP contribution in [-0.2, 0) is 11.2 Å². The van der Waals surface area contributed by atoms with E-state index in [1.165, 1.54) is 0 Å². The fourth-order valence-electron chi connectivity index (χ4n) is 2.01. The second-order valence-electron chi connectivity index (χ2n) is 3.96. The van der Waals surface area contributed by atoms with E-state index in [0.29, 0.717) is 0 Å². The first-order valence-corrected chi connectivity index (χ1v) is 5.26. The van der Waals surface area contributed by atoms with Crippen molar-refractivity contribution in [2.45, 2.75) is 13.3 Å². The van der Waals surface area contributed by atoms with E-state index in [4.69, 9.17) is 16.3 Å². The minimum Gasteiger partial charge on any atom is -0.497 e. The molecular formula is C12H15N3O2. The van der Waals surface area contributed by atoms with E-state index in [1.807, 2.05) is 25.1 Å². The lowest BCUT2D eigenvalue weighted by atomic mass is 10.1. The van der Waals surface area contributed by atoms with Gasteiger partial charge in [0.15, 0.2) is 0 Å². The van der Waals surface area contributed by atoms with Crippen molar-refractivity contribution in [2.75, 3.05) is 13.0 Å². The van der Waals surface area contributed by atoms with Crippen molar-refractivity contribution in [2.24, 2.45) is 5.73 Å². The van der Waals surface area contributed by atoms with Crippen molar-refractivity contribution in [1.29, 1.82) is 0 Å². The summed E-state index contributed by atoms with van der Waals surface area (Å²) in [5.41, 5.74) is 7.80. The summed E-state index contributed by atoms with van der Waals surface area (Å²) in [6.07, 6.45) is 0.180. The molecule has 17 heavy (non-hydrogen) atoms. The van der Waals surface area contributed by atoms with Crippen molar-refractivity contribution >= 4 is 16.8 Å². The van der Waals surface area contributed by atoms with Gasteiger partial charge in [0.05, 0.1) is 19.0 Å². The number of rotatable bonds is 3. The van der Waals surface area contributed by atoms with Gasteiger partial charge in [-0.3, -0.25) is 9.47 Å². The van der Waals surface area contributed by atoms with E-state index < -0.39 is 0 Å². The summed E-state index contributed by atoms with van der Waals surface area (Å²) in [4.78, 5) is 11.1. The lowest BCUT2D eigenvalue weighted by Crippen LogP contribution is -2.15. The summed E-state index contributed by atoms with van der Waals surface area (Å²) >= 11 is 0. The molecule has 5 nitrogen and oxygen atoms in total. The van der Waals surface area contributed by atoms with Crippen LogP contribution >= 0.6 is 0 Å². The molecule has 0 bridgehead atoms. The monoisotopic (exact) mass is 233 g/mol. The average Bonchev–Trinajstić information content (AvgIpc) is 2.53. The molecule has 0 aliphatic rings. The summed E-state index contributed by atoms with van der Waals surface area (Å²) in [7, 11) is 1.60. The molecule has 1 aromatic heterocycles. The fraction of sp³-hybridized carbons (Fsp3) is 0.250. The molecule has 2 aromatic rings. The number of nitrogen functional groups attached to an aromatic ring is 1. The molecule has 0 aliphatic heterocycles. The van der Waals surface area contributed by atoms with E-state index in [-0.39, 0.29) is 12.3 Å². The van der Waals surface area contributed by atoms with E-state index >= 15 is 0 Å². The maximum atomic E-state index is 11.1. The number of nitrogens with zero attached hydrogens (tertiary/aromatic N) is 1. The van der Waals surface area contributed by atoms with Crippen molar-refractivity contribution in [3.63, 3.8) is 0 Å². The maximum Gasteiger partial charge on any atom is 0.221 e. The minimum atomic E-state index is -0.372. The number of fused-ring (bicyclic) bond motifs is 1. The third-order valence-electron chi connectivity index (χ3n) is 2.94. The Bertz CT molecular complexity index is 587. The van der Waals surface area contributed by atoms with Gasteiger partial charge in [-0.25, -0.2) is 0 Å². The Balaban J connectivity index is 2.71. The number of primary amides is 1. The van der Waals surface area contributed by atoms with Crippen molar-refractivity contribution in [3.05, 3.63) is 29.5 Å². The summed E-state index contributed by atoms with van der Waals surface area (Å²) in [5.74, 6) is 6.29. The third-order valence-corrected chi connectivity index (χ3v) is 2.94. The van der Waals surface area contributed by atoms with Gasteiger partial charge >= 0.3 is 0 Å². The standard InChI is InChI=1S/C12H15N3O2/c1-7-9(6-12(13)16)10-5-8(17-2)3-4-11(10)15(7)14/h3-5H,6,14H2,1-2H3,(H2,13,16). The Hall–Kier alpha value is -2.17. The van der Waals surface area contributed by atoms with Crippen LogP contribution in [0, 0.1) is 6.92 Å². The van der Waals surface area contributed by atoms with Gasteiger partial charge < -0.3 is 16.3 Å². The number of methoxy groups -OCH3 is 1. The first-order chi connectivity index (χ1) is 8.04. The molecule has 0 saturated carbocycles. The highest BCUT2D eigenvalue weighted by Gasteiger charge is 2.14. The van der Waals surface area contributed by atoms with Gasteiger partial charge in [-0.2, -0.15) is 0 Å². The molecule has 0 unspecified atom stereocenters. The molecule has 90 valence electrons. The molecule has 0 aliphatic carbocycles. The van der Waals surface area contributed by atoms with Gasteiger partial charge in [-0.05, 0) is 30.7 Å². The Kier molecular flexibility index (Phi) is 2.67. The highest BCUT2D eigenvalue weighted by atomic mass is 16.5. The largest absolute Gasteiger partial charge is 0.497 e. The molecule has 0 radical (unpaired) electrons. The van der Waals surface area contributed by atoms with E-state index in [9.17, 15) is 4.79 Å². The normalized spacial score (nSPS) is 10.7. The van der Waals surface area contributed by atoms with Gasteiger partial charge in [-0.1, -0.05) is 0 Å². The summed E-state index contributed by atoms with van der Waals surface area (Å²) in [6, 6.07) is 5.56. The number of nitrogens with two attached hydrogens (primary N) is 2. The Labute approximate surface area is 98.9 Å². The maximum absolute atomic E-state index is 11.1. The van der Waals surface area contributed by atoms with Crippen LogP contribution in [-0.4, -0.2) is 17.7 Å². The van der Waals surface area contributed by atoms with Crippen molar-refractivity contribution in [1.82, 2.24) is 4.68 Å². The second kappa shape index (κ2) is 4.01. The zero-order valence-corrected chi connectivity index (χ0v) is 9.86. The number of amides is 1. The quantitative estimate of drug-likeness (QED) is 0.765. The van der Waals surface area contributed by atoms with Crippen molar-refractivity contribution < 1.29 is 9.53 Å². The van der Waals surface area contributed by atoms with Crippen LogP contribution < -0.4 is 16.3 Å². The zero-order chi connectivity index (χ0) is 12.6. The van der Waals surface area contributed by atoms with Gasteiger partial charge in [0.1, 0.15) is 5.75 Å². The Morgan fingerprint density at radius 3 is 2.76 bits per heavy atom. The Morgan fingerprint density at radius 1 is 1.47 bits per heavy atom. The minimum absolute atomic E-state index is 0.180. The lowest BCUT2D eigenvalue weighted by molar-refractivity contribution is -0.117. The van der Waals surface area contributed by atoms with E-state index in [0.717, 1.165) is 27.9 Å². The van der Waals surface area contributed by atoms with Crippen LogP contribution in [0.3, 0.4) is 0 Å². The number of hydrogen-bond donors (Lipinski definition) is 2. The fourth-order valence-corrected chi connectivity index (χ4v) is 2.01. The Morgan fingerprint density at radius 2 is 2.18 bits per heavy atom. The number of carbonyl (C=O) groups excluding carboxylic acids is 1. The molecule has 0 spiro atoms. The van der Waals surface area contributed by atoms with Gasteiger partial charge in [-0.15, -0.1) is 0 Å². The van der Waals surface area contributed by atoms with Crippen molar-refractivity contribution in [3.8, 4) is 5.75 Å². The zero-order valence-electron chi connectivity index (χ0n) is 9.86. The first-order valence-electron chi connectivity index (χ1n) is 5.26. The molecule has 1 aromatic carbocycles. The van der Waals surface area contributed by atoms with Crippen LogP contribution in [0.1, 0.15) is 11.3 Å². The van der Waals surface area contributed by atoms with Crippen LogP contribution in [0.15, 0.2) is 18.2 Å². The number of carbonyl (C=O) groups is 1. The van der Waals surface area contributed by atoms with Crippen LogP contribution in [0.5, 0.6) is 5.75 Å². The average molecular weight is 233 g/mol. The number of ether oxygens (including phenoxy) is 1. The highest BCUT2D eigenvalue weighted by Crippen LogP contribution is 2.28. The molecule has 0 fully saturated rings. The second-order valence-corrected chi connectivity index (χ2v) is 3.96. The first kappa shape index (κ1) is 11.3. The smallest absolute Gasteiger partial charge is 0.221 e. The molecule has 1 amide bonds. The number of benzene rings is 1. The molecule has 4 N–H and O–H groups in total.